The van der Waals surface area contributed by atoms with Gasteiger partial charge in [-0.2, -0.15) is 11.8 Å². The van der Waals surface area contributed by atoms with Crippen molar-refractivity contribution in [3.63, 3.8) is 0 Å². The van der Waals surface area contributed by atoms with Gasteiger partial charge in [-0.1, -0.05) is 13.8 Å². The number of carboxylic acid groups (broad SMARTS) is 3. The van der Waals surface area contributed by atoms with Crippen LogP contribution in [-0.4, -0.2) is 159 Å². The molecule has 3 N–H and O–H groups in total. The Morgan fingerprint density at radius 3 is 1.18 bits per heavy atom. The van der Waals surface area contributed by atoms with Crippen LogP contribution < -0.4 is 0 Å². The summed E-state index contributed by atoms with van der Waals surface area (Å²) in [5, 5.41) is 26.6. The molecule has 21 nitrogen and oxygen atoms in total. The van der Waals surface area contributed by atoms with E-state index in [1.54, 1.807) is 46.4 Å². The molecule has 4 rings (SSSR count). The molecule has 3 aliphatic heterocycles. The molecule has 1 saturated carbocycles. The Labute approximate surface area is 403 Å². The zero-order valence-electron chi connectivity index (χ0n) is 40.8. The first-order valence-electron chi connectivity index (χ1n) is 22.9. The largest absolute Gasteiger partial charge is 0.481 e. The number of carbonyl (C=O) groups excluding carboxylic acids is 6. The number of thioether (sulfide) groups is 1. The highest BCUT2D eigenvalue weighted by atomic mass is 32.2. The summed E-state index contributed by atoms with van der Waals surface area (Å²) in [6, 6.07) is 0. The van der Waals surface area contributed by atoms with Crippen molar-refractivity contribution >= 4 is 75.4 Å². The Balaban J connectivity index is 0.000000455. The molecule has 390 valence electrons. The normalized spacial score (nSPS) is 21.3. The molecular weight excluding hydrogens is 939 g/mol. The smallest absolute Gasteiger partial charge is 0.409 e. The number of carboxylic acids is 3. The van der Waals surface area contributed by atoms with E-state index in [2.05, 4.69) is 18.6 Å². The summed E-state index contributed by atoms with van der Waals surface area (Å²) in [5.74, 6) is -4.37. The average molecular weight is 1010 g/mol. The molecule has 0 radical (unpaired) electrons. The second-order valence-corrected chi connectivity index (χ2v) is 21.3. The topological polar surface area (TPSA) is 307 Å². The van der Waals surface area contributed by atoms with Crippen molar-refractivity contribution in [1.29, 1.82) is 0 Å². The minimum absolute atomic E-state index is 0.00510. The SMILES string of the molecule is CCOC(=O)C1(CC(=O)O)CCN(C(=O)OC)CC1.CCOC(=O)C1(CC(=O)O)CCS(=O)(=O)CC1.CCOC(=O)C1(CC(=O)O)CCSCC1.CCOC(=O)C1CC(C)(C)CC1C(=O)OCC. The van der Waals surface area contributed by atoms with Crippen LogP contribution in [0.2, 0.25) is 0 Å². The first-order valence-corrected chi connectivity index (χ1v) is 25.9. The van der Waals surface area contributed by atoms with Gasteiger partial charge in [0.2, 0.25) is 0 Å². The zero-order valence-corrected chi connectivity index (χ0v) is 42.4. The van der Waals surface area contributed by atoms with Gasteiger partial charge in [-0.15, -0.1) is 0 Å². The second-order valence-electron chi connectivity index (χ2n) is 17.7. The molecule has 2 atom stereocenters. The molecule has 4 aliphatic rings. The van der Waals surface area contributed by atoms with Gasteiger partial charge in [0.05, 0.1) is 99.0 Å². The number of amides is 1. The molecule has 68 heavy (non-hydrogen) atoms. The lowest BCUT2D eigenvalue weighted by Gasteiger charge is -2.38. The second kappa shape index (κ2) is 28.7. The summed E-state index contributed by atoms with van der Waals surface area (Å²) in [5.41, 5.74) is -2.98. The number of sulfone groups is 1. The summed E-state index contributed by atoms with van der Waals surface area (Å²) < 4.78 is 52.1. The number of ether oxygens (including phenoxy) is 6. The highest BCUT2D eigenvalue weighted by Crippen LogP contribution is 2.46. The Kier molecular flexibility index (Phi) is 25.9. The first-order chi connectivity index (χ1) is 31.8. The third-order valence-electron chi connectivity index (χ3n) is 12.2. The Morgan fingerprint density at radius 2 is 0.868 bits per heavy atom. The zero-order chi connectivity index (χ0) is 51.9. The molecule has 1 aliphatic carbocycles. The summed E-state index contributed by atoms with van der Waals surface area (Å²) in [4.78, 5) is 104. The van der Waals surface area contributed by atoms with Crippen molar-refractivity contribution in [2.24, 2.45) is 33.5 Å². The fourth-order valence-corrected chi connectivity index (χ4v) is 11.5. The molecule has 3 saturated heterocycles. The van der Waals surface area contributed by atoms with E-state index >= 15 is 0 Å². The van der Waals surface area contributed by atoms with E-state index in [9.17, 15) is 51.6 Å². The summed E-state index contributed by atoms with van der Waals surface area (Å²) in [6.45, 7) is 14.7. The van der Waals surface area contributed by atoms with E-state index in [0.717, 1.165) is 11.5 Å². The Morgan fingerprint density at radius 1 is 0.544 bits per heavy atom. The van der Waals surface area contributed by atoms with Crippen molar-refractivity contribution in [2.75, 3.05) is 76.2 Å². The molecule has 0 spiro atoms. The van der Waals surface area contributed by atoms with Gasteiger partial charge < -0.3 is 48.6 Å². The number of hydrogen-bond donors (Lipinski definition) is 3. The quantitative estimate of drug-likeness (QED) is 0.138. The van der Waals surface area contributed by atoms with Crippen molar-refractivity contribution in [2.45, 2.75) is 119 Å². The minimum atomic E-state index is -3.14. The van der Waals surface area contributed by atoms with Crippen molar-refractivity contribution in [3.05, 3.63) is 0 Å². The number of piperidine rings is 1. The average Bonchev–Trinajstić information content (AvgIpc) is 3.61. The molecular formula is C45H73NO20S2. The van der Waals surface area contributed by atoms with Gasteiger partial charge in [0.25, 0.3) is 0 Å². The number of methoxy groups -OCH3 is 1. The summed E-state index contributed by atoms with van der Waals surface area (Å²) in [6.07, 6.45) is 1.99. The van der Waals surface area contributed by atoms with Crippen LogP contribution in [-0.2, 0) is 76.6 Å². The number of carbonyl (C=O) groups is 9. The van der Waals surface area contributed by atoms with Crippen LogP contribution in [0.3, 0.4) is 0 Å². The molecule has 2 unspecified atom stereocenters. The van der Waals surface area contributed by atoms with Crippen molar-refractivity contribution < 1.29 is 95.3 Å². The van der Waals surface area contributed by atoms with Crippen molar-refractivity contribution in [3.8, 4) is 0 Å². The number of likely N-dealkylation sites (tertiary alicyclic amines) is 1. The predicted octanol–water partition coefficient (Wildman–Crippen LogP) is 4.79. The third-order valence-corrected chi connectivity index (χ3v) is 14.8. The Bertz CT molecular complexity index is 1790. The van der Waals surface area contributed by atoms with Crippen LogP contribution in [0.5, 0.6) is 0 Å². The summed E-state index contributed by atoms with van der Waals surface area (Å²) in [7, 11) is -1.85. The molecule has 0 bridgehead atoms. The maximum Gasteiger partial charge on any atom is 0.409 e. The lowest BCUT2D eigenvalue weighted by molar-refractivity contribution is -0.163. The number of hydrogen-bond acceptors (Lipinski definition) is 18. The molecule has 0 aromatic rings. The first kappa shape index (κ1) is 61.3. The van der Waals surface area contributed by atoms with Gasteiger partial charge in [0, 0.05) is 13.1 Å². The van der Waals surface area contributed by atoms with Crippen LogP contribution in [0.15, 0.2) is 0 Å². The maximum atomic E-state index is 12.0. The predicted molar refractivity (Wildman–Crippen MR) is 245 cm³/mol. The number of esters is 5. The van der Waals surface area contributed by atoms with Crippen LogP contribution in [0, 0.1) is 33.5 Å². The van der Waals surface area contributed by atoms with Gasteiger partial charge in [0.15, 0.2) is 0 Å². The highest BCUT2D eigenvalue weighted by Gasteiger charge is 2.49. The van der Waals surface area contributed by atoms with Crippen LogP contribution in [0.1, 0.15) is 119 Å². The molecule has 0 aromatic heterocycles. The summed E-state index contributed by atoms with van der Waals surface area (Å²) >= 11 is 1.76. The highest BCUT2D eigenvalue weighted by molar-refractivity contribution is 7.99. The number of aliphatic carboxylic acids is 3. The van der Waals surface area contributed by atoms with Crippen LogP contribution in [0.4, 0.5) is 4.79 Å². The van der Waals surface area contributed by atoms with Gasteiger partial charge in [-0.25, -0.2) is 13.2 Å². The van der Waals surface area contributed by atoms with Crippen LogP contribution >= 0.6 is 11.8 Å². The molecule has 3 heterocycles. The maximum absolute atomic E-state index is 12.0. The van der Waals surface area contributed by atoms with E-state index in [0.29, 0.717) is 58.6 Å². The molecule has 23 heteroatoms. The fraction of sp³-hybridized carbons (Fsp3) is 0.800. The monoisotopic (exact) mass is 1010 g/mol. The van der Waals surface area contributed by atoms with E-state index in [4.69, 9.17) is 39.0 Å². The van der Waals surface area contributed by atoms with E-state index in [1.165, 1.54) is 12.0 Å². The van der Waals surface area contributed by atoms with Crippen molar-refractivity contribution in [1.82, 2.24) is 4.90 Å². The fourth-order valence-electron chi connectivity index (χ4n) is 8.57. The minimum Gasteiger partial charge on any atom is -0.481 e. The molecule has 0 aromatic carbocycles. The lowest BCUT2D eigenvalue weighted by atomic mass is 9.75. The van der Waals surface area contributed by atoms with Gasteiger partial charge in [-0.3, -0.25) is 38.4 Å². The third kappa shape index (κ3) is 19.4. The van der Waals surface area contributed by atoms with Crippen LogP contribution in [0.25, 0.3) is 0 Å². The van der Waals surface area contributed by atoms with E-state index in [1.807, 2.05) is 0 Å². The standard InChI is InChI=1S/C13H22O4.C12H19NO6.C10H16O6S.C10H16O4S/c1-5-16-11(14)9-7-13(3,4)8-10(9)12(15)17-6-2;1-3-19-10(16)12(8-9(14)15)4-6-13(7-5-12)11(17)18-2;1-2-16-9(13)10(7-8(11)12)3-5-17(14,15)6-4-10;1-2-14-9(13)10(7-8(11)12)3-5-15-6-4-10/h9-10H,5-8H2,1-4H3;3-8H2,1-2H3,(H,14,15);2-7H2,1H3,(H,11,12);2-7H2,1H3,(H,11,12). The lowest BCUT2D eigenvalue weighted by Crippen LogP contribution is -2.48. The molecule has 4 fully saturated rings. The Hall–Kier alpha value is -4.67. The number of rotatable bonds is 16. The van der Waals surface area contributed by atoms with E-state index < -0.39 is 62.0 Å². The molecule has 1 amide bonds. The van der Waals surface area contributed by atoms with Gasteiger partial charge in [-0.05, 0) is 103 Å². The van der Waals surface area contributed by atoms with Gasteiger partial charge >= 0.3 is 53.8 Å². The van der Waals surface area contributed by atoms with E-state index in [-0.39, 0.29) is 105 Å². The number of nitrogens with zero attached hydrogens (tertiary/aromatic N) is 1. The van der Waals surface area contributed by atoms with Gasteiger partial charge in [0.1, 0.15) is 9.84 Å².